The number of amides is 2. The number of ether oxygens (including phenoxy) is 1. The molecule has 0 radical (unpaired) electrons. The number of sulfonamides is 1. The lowest BCUT2D eigenvalue weighted by molar-refractivity contribution is -0.140. The summed E-state index contributed by atoms with van der Waals surface area (Å²) in [5.74, 6) is 0.293. The zero-order valence-corrected chi connectivity index (χ0v) is 26.5. The molecule has 9 heteroatoms. The number of hydrogen-bond acceptors (Lipinski definition) is 5. The summed E-state index contributed by atoms with van der Waals surface area (Å²) >= 11 is 0. The summed E-state index contributed by atoms with van der Waals surface area (Å²) in [6, 6.07) is 30.5. The molecule has 1 atom stereocenters. The molecule has 0 unspecified atom stereocenters. The van der Waals surface area contributed by atoms with Crippen LogP contribution in [0.3, 0.4) is 0 Å². The van der Waals surface area contributed by atoms with Gasteiger partial charge in [-0.2, -0.15) is 0 Å². The van der Waals surface area contributed by atoms with Crippen molar-refractivity contribution in [1.82, 2.24) is 10.2 Å². The van der Waals surface area contributed by atoms with Crippen molar-refractivity contribution in [3.8, 4) is 11.5 Å². The van der Waals surface area contributed by atoms with Crippen LogP contribution in [0.25, 0.3) is 0 Å². The van der Waals surface area contributed by atoms with Crippen LogP contribution in [0.15, 0.2) is 114 Å². The van der Waals surface area contributed by atoms with Crippen LogP contribution in [0.4, 0.5) is 5.69 Å². The monoisotopic (exact) mass is 613 g/mol. The quantitative estimate of drug-likeness (QED) is 0.214. The summed E-state index contributed by atoms with van der Waals surface area (Å²) in [5, 5.41) is 2.94. The Balaban J connectivity index is 1.70. The molecule has 2 amide bonds. The number of aryl methyl sites for hydroxylation is 1. The third kappa shape index (κ3) is 8.48. The molecule has 0 heterocycles. The van der Waals surface area contributed by atoms with Crippen LogP contribution < -0.4 is 14.4 Å². The highest BCUT2D eigenvalue weighted by Gasteiger charge is 2.33. The van der Waals surface area contributed by atoms with E-state index in [0.29, 0.717) is 11.5 Å². The van der Waals surface area contributed by atoms with E-state index < -0.39 is 34.1 Å². The minimum absolute atomic E-state index is 0.0428. The first kappa shape index (κ1) is 32.3. The third-order valence-corrected chi connectivity index (χ3v) is 8.60. The maximum absolute atomic E-state index is 14.1. The van der Waals surface area contributed by atoms with Crippen molar-refractivity contribution < 1.29 is 22.7 Å². The van der Waals surface area contributed by atoms with E-state index in [2.05, 4.69) is 5.32 Å². The molecule has 4 aromatic rings. The number of hydrogen-bond donors (Lipinski definition) is 1. The van der Waals surface area contributed by atoms with Crippen molar-refractivity contribution >= 4 is 27.5 Å². The molecule has 1 N–H and O–H groups in total. The predicted molar refractivity (Wildman–Crippen MR) is 173 cm³/mol. The first-order valence-electron chi connectivity index (χ1n) is 14.4. The molecule has 4 rings (SSSR count). The zero-order chi connectivity index (χ0) is 31.9. The fourth-order valence-corrected chi connectivity index (χ4v) is 6.05. The number of nitrogens with zero attached hydrogens (tertiary/aromatic N) is 2. The molecule has 4 aromatic carbocycles. The Hall–Kier alpha value is -4.63. The predicted octanol–water partition coefficient (Wildman–Crippen LogP) is 6.31. The Labute approximate surface area is 260 Å². The first-order chi connectivity index (χ1) is 20.8. The fraction of sp³-hybridized carbons (Fsp3) is 0.257. The molecule has 0 aliphatic heterocycles. The van der Waals surface area contributed by atoms with E-state index in [-0.39, 0.29) is 23.0 Å². The molecule has 0 fully saturated rings. The summed E-state index contributed by atoms with van der Waals surface area (Å²) in [5.41, 5.74) is 1.60. The van der Waals surface area contributed by atoms with Gasteiger partial charge in [0, 0.05) is 12.1 Å². The summed E-state index contributed by atoms with van der Waals surface area (Å²) in [6.45, 7) is 8.81. The van der Waals surface area contributed by atoms with Gasteiger partial charge in [-0.25, -0.2) is 8.42 Å². The van der Waals surface area contributed by atoms with Gasteiger partial charge in [0.25, 0.3) is 10.0 Å². The van der Waals surface area contributed by atoms with E-state index in [4.69, 9.17) is 4.74 Å². The van der Waals surface area contributed by atoms with Crippen molar-refractivity contribution in [3.63, 3.8) is 0 Å². The van der Waals surface area contributed by atoms with Crippen LogP contribution in [-0.2, 0) is 26.2 Å². The Morgan fingerprint density at radius 1 is 0.818 bits per heavy atom. The van der Waals surface area contributed by atoms with Crippen molar-refractivity contribution in [2.24, 2.45) is 0 Å². The van der Waals surface area contributed by atoms with E-state index in [0.717, 1.165) is 15.4 Å². The van der Waals surface area contributed by atoms with Gasteiger partial charge in [0.05, 0.1) is 10.6 Å². The number of nitrogens with one attached hydrogen (secondary N) is 1. The SMILES string of the molecule is Cc1cccc(CN(C(=O)CN(c2ccc(Oc3ccccc3)cc2)S(=O)(=O)c2ccccc2)[C@H](C)C(=O)NC(C)(C)C)c1. The molecular formula is C35H39N3O5S. The van der Waals surface area contributed by atoms with Gasteiger partial charge in [0.15, 0.2) is 0 Å². The summed E-state index contributed by atoms with van der Waals surface area (Å²) in [4.78, 5) is 28.9. The average molecular weight is 614 g/mol. The van der Waals surface area contributed by atoms with Gasteiger partial charge in [-0.05, 0) is 88.7 Å². The lowest BCUT2D eigenvalue weighted by Gasteiger charge is -2.33. The van der Waals surface area contributed by atoms with E-state index >= 15 is 0 Å². The van der Waals surface area contributed by atoms with Crippen molar-refractivity contribution in [1.29, 1.82) is 0 Å². The Morgan fingerprint density at radius 2 is 1.41 bits per heavy atom. The van der Waals surface area contributed by atoms with Gasteiger partial charge in [-0.15, -0.1) is 0 Å². The van der Waals surface area contributed by atoms with Crippen molar-refractivity contribution in [2.45, 2.75) is 57.6 Å². The van der Waals surface area contributed by atoms with Gasteiger partial charge in [0.1, 0.15) is 24.1 Å². The molecule has 0 aliphatic rings. The number of benzene rings is 4. The van der Waals surface area contributed by atoms with Crippen LogP contribution in [0.5, 0.6) is 11.5 Å². The van der Waals surface area contributed by atoms with Crippen molar-refractivity contribution in [2.75, 3.05) is 10.8 Å². The summed E-state index contributed by atoms with van der Waals surface area (Å²) < 4.78 is 35.0. The van der Waals surface area contributed by atoms with E-state index in [1.165, 1.54) is 17.0 Å². The molecule has 44 heavy (non-hydrogen) atoms. The molecule has 0 bridgehead atoms. The summed E-state index contributed by atoms with van der Waals surface area (Å²) in [6.07, 6.45) is 0. The molecule has 0 saturated carbocycles. The topological polar surface area (TPSA) is 96.0 Å². The Morgan fingerprint density at radius 3 is 2.00 bits per heavy atom. The molecule has 0 spiro atoms. The second-order valence-electron chi connectivity index (χ2n) is 11.7. The van der Waals surface area contributed by atoms with Crippen LogP contribution in [-0.4, -0.2) is 43.3 Å². The highest BCUT2D eigenvalue weighted by Crippen LogP contribution is 2.28. The van der Waals surface area contributed by atoms with E-state index in [9.17, 15) is 18.0 Å². The number of para-hydroxylation sites is 1. The highest BCUT2D eigenvalue weighted by atomic mass is 32.2. The maximum Gasteiger partial charge on any atom is 0.264 e. The maximum atomic E-state index is 14.1. The van der Waals surface area contributed by atoms with Gasteiger partial charge in [-0.3, -0.25) is 13.9 Å². The highest BCUT2D eigenvalue weighted by molar-refractivity contribution is 7.92. The number of anilines is 1. The zero-order valence-electron chi connectivity index (χ0n) is 25.7. The molecule has 8 nitrogen and oxygen atoms in total. The Bertz CT molecular complexity index is 1670. The number of carbonyl (C=O) groups excluding carboxylic acids is 2. The standard InChI is InChI=1S/C35H39N3O5S/c1-26-13-12-14-28(23-26)24-37(27(2)34(40)36-35(3,4)5)33(39)25-38(44(41,42)32-17-10-7-11-18-32)29-19-21-31(22-20-29)43-30-15-8-6-9-16-30/h6-23,27H,24-25H2,1-5H3,(H,36,40)/t27-/m1/s1. The normalized spacial score (nSPS) is 12.2. The van der Waals surface area contributed by atoms with Crippen LogP contribution in [0.2, 0.25) is 0 Å². The van der Waals surface area contributed by atoms with Gasteiger partial charge in [0.2, 0.25) is 11.8 Å². The smallest absolute Gasteiger partial charge is 0.264 e. The number of rotatable bonds is 11. The van der Waals surface area contributed by atoms with Gasteiger partial charge >= 0.3 is 0 Å². The average Bonchev–Trinajstić information content (AvgIpc) is 2.99. The van der Waals surface area contributed by atoms with Crippen LogP contribution in [0.1, 0.15) is 38.8 Å². The second-order valence-corrected chi connectivity index (χ2v) is 13.5. The number of carbonyl (C=O) groups is 2. The van der Waals surface area contributed by atoms with Gasteiger partial charge in [-0.1, -0.05) is 66.2 Å². The van der Waals surface area contributed by atoms with Crippen LogP contribution in [0, 0.1) is 6.92 Å². The van der Waals surface area contributed by atoms with E-state index in [1.54, 1.807) is 49.4 Å². The minimum atomic E-state index is -4.16. The van der Waals surface area contributed by atoms with Gasteiger partial charge < -0.3 is 15.0 Å². The molecule has 0 aromatic heterocycles. The third-order valence-electron chi connectivity index (χ3n) is 6.81. The Kier molecular flexibility index (Phi) is 10.1. The molecule has 0 aliphatic carbocycles. The molecule has 0 saturated heterocycles. The van der Waals surface area contributed by atoms with Crippen molar-refractivity contribution in [3.05, 3.63) is 120 Å². The first-order valence-corrected chi connectivity index (χ1v) is 15.9. The summed E-state index contributed by atoms with van der Waals surface area (Å²) in [7, 11) is -4.16. The largest absolute Gasteiger partial charge is 0.457 e. The lowest BCUT2D eigenvalue weighted by Crippen LogP contribution is -2.54. The minimum Gasteiger partial charge on any atom is -0.457 e. The van der Waals surface area contributed by atoms with E-state index in [1.807, 2.05) is 82.3 Å². The van der Waals surface area contributed by atoms with Crippen LogP contribution >= 0.6 is 0 Å². The second kappa shape index (κ2) is 13.8. The lowest BCUT2D eigenvalue weighted by atomic mass is 10.1. The molecule has 230 valence electrons. The molecular weight excluding hydrogens is 574 g/mol. The fourth-order valence-electron chi connectivity index (χ4n) is 4.62.